The maximum absolute atomic E-state index is 8.64. The number of nitriles is 1. The number of rotatable bonds is 4. The summed E-state index contributed by atoms with van der Waals surface area (Å²) in [5, 5.41) is 11.7. The topological polar surface area (TPSA) is 57.9 Å². The Morgan fingerprint density at radius 1 is 1.17 bits per heavy atom. The molecule has 1 aromatic heterocycles. The minimum atomic E-state index is 0.381. The van der Waals surface area contributed by atoms with E-state index in [1.165, 1.54) is 5.56 Å². The van der Waals surface area contributed by atoms with Crippen LogP contribution in [-0.2, 0) is 6.54 Å². The smallest absolute Gasteiger partial charge is 0.145 e. The highest BCUT2D eigenvalue weighted by molar-refractivity contribution is 5.33. The zero-order valence-corrected chi connectivity index (χ0v) is 10.1. The molecule has 0 atom stereocenters. The molecule has 0 aliphatic heterocycles. The molecule has 0 aliphatic rings. The molecule has 0 saturated heterocycles. The lowest BCUT2D eigenvalue weighted by atomic mass is 10.2. The van der Waals surface area contributed by atoms with Crippen LogP contribution in [0.5, 0.6) is 11.5 Å². The maximum Gasteiger partial charge on any atom is 0.145 e. The maximum atomic E-state index is 8.64. The molecule has 0 saturated carbocycles. The summed E-state index contributed by atoms with van der Waals surface area (Å²) in [7, 11) is 1.91. The zero-order chi connectivity index (χ0) is 12.8. The van der Waals surface area contributed by atoms with Crippen molar-refractivity contribution >= 4 is 0 Å². The molecular weight excluding hydrogens is 226 g/mol. The van der Waals surface area contributed by atoms with Gasteiger partial charge in [-0.15, -0.1) is 0 Å². The molecule has 2 aromatic rings. The second-order valence-corrected chi connectivity index (χ2v) is 3.77. The van der Waals surface area contributed by atoms with Crippen LogP contribution in [0.3, 0.4) is 0 Å². The molecule has 0 amide bonds. The fourth-order valence-electron chi connectivity index (χ4n) is 1.52. The Balaban J connectivity index is 2.06. The van der Waals surface area contributed by atoms with Crippen molar-refractivity contribution in [1.29, 1.82) is 5.26 Å². The summed E-state index contributed by atoms with van der Waals surface area (Å²) in [5.74, 6) is 1.37. The van der Waals surface area contributed by atoms with E-state index < -0.39 is 0 Å². The highest BCUT2D eigenvalue weighted by atomic mass is 16.5. The number of hydrogen-bond acceptors (Lipinski definition) is 4. The van der Waals surface area contributed by atoms with Crippen LogP contribution in [0.1, 0.15) is 11.3 Å². The van der Waals surface area contributed by atoms with Crippen molar-refractivity contribution in [3.05, 3.63) is 53.9 Å². The SMILES string of the molecule is CNCc1ccc(Oc2ccc(C#N)nc2)cc1. The lowest BCUT2D eigenvalue weighted by Gasteiger charge is -2.06. The lowest BCUT2D eigenvalue weighted by molar-refractivity contribution is 0.480. The van der Waals surface area contributed by atoms with Crippen molar-refractivity contribution in [2.24, 2.45) is 0 Å². The Bertz CT molecular complexity index is 541. The summed E-state index contributed by atoms with van der Waals surface area (Å²) < 4.78 is 5.62. The summed E-state index contributed by atoms with van der Waals surface area (Å²) >= 11 is 0. The number of hydrogen-bond donors (Lipinski definition) is 1. The Labute approximate surface area is 106 Å². The second-order valence-electron chi connectivity index (χ2n) is 3.77. The van der Waals surface area contributed by atoms with Crippen LogP contribution >= 0.6 is 0 Å². The van der Waals surface area contributed by atoms with Gasteiger partial charge in [0.25, 0.3) is 0 Å². The van der Waals surface area contributed by atoms with Crippen molar-refractivity contribution in [2.45, 2.75) is 6.54 Å². The first-order valence-electron chi connectivity index (χ1n) is 5.59. The largest absolute Gasteiger partial charge is 0.456 e. The molecule has 1 aromatic carbocycles. The third-order valence-corrected chi connectivity index (χ3v) is 2.39. The Kier molecular flexibility index (Phi) is 3.90. The monoisotopic (exact) mass is 239 g/mol. The number of benzene rings is 1. The standard InChI is InChI=1S/C14H13N3O/c1-16-9-11-2-5-13(6-3-11)18-14-7-4-12(8-15)17-10-14/h2-7,10,16H,9H2,1H3. The third-order valence-electron chi connectivity index (χ3n) is 2.39. The molecule has 0 aliphatic carbocycles. The Morgan fingerprint density at radius 2 is 1.89 bits per heavy atom. The van der Waals surface area contributed by atoms with Crippen molar-refractivity contribution in [3.8, 4) is 17.6 Å². The molecule has 4 nitrogen and oxygen atoms in total. The average molecular weight is 239 g/mol. The van der Waals surface area contributed by atoms with Gasteiger partial charge in [-0.05, 0) is 36.9 Å². The van der Waals surface area contributed by atoms with Crippen LogP contribution in [0.4, 0.5) is 0 Å². The van der Waals surface area contributed by atoms with Crippen molar-refractivity contribution < 1.29 is 4.74 Å². The molecule has 18 heavy (non-hydrogen) atoms. The molecule has 0 bridgehead atoms. The van der Waals surface area contributed by atoms with E-state index in [0.29, 0.717) is 11.4 Å². The average Bonchev–Trinajstić information content (AvgIpc) is 2.42. The van der Waals surface area contributed by atoms with Gasteiger partial charge < -0.3 is 10.1 Å². The predicted octanol–water partition coefficient (Wildman–Crippen LogP) is 2.46. The molecule has 90 valence electrons. The van der Waals surface area contributed by atoms with Gasteiger partial charge in [-0.25, -0.2) is 4.98 Å². The van der Waals surface area contributed by atoms with E-state index in [1.807, 2.05) is 37.4 Å². The first-order valence-corrected chi connectivity index (χ1v) is 5.59. The van der Waals surface area contributed by atoms with Gasteiger partial charge in [-0.1, -0.05) is 12.1 Å². The Morgan fingerprint density at radius 3 is 2.44 bits per heavy atom. The molecule has 0 radical (unpaired) electrons. The summed E-state index contributed by atoms with van der Waals surface area (Å²) in [6, 6.07) is 13.1. The van der Waals surface area contributed by atoms with Crippen molar-refractivity contribution in [2.75, 3.05) is 7.05 Å². The molecule has 2 rings (SSSR count). The highest BCUT2D eigenvalue weighted by Gasteiger charge is 1.99. The van der Waals surface area contributed by atoms with Gasteiger partial charge in [-0.2, -0.15) is 5.26 Å². The van der Waals surface area contributed by atoms with E-state index in [0.717, 1.165) is 12.3 Å². The van der Waals surface area contributed by atoms with E-state index in [1.54, 1.807) is 18.3 Å². The molecule has 1 heterocycles. The summed E-state index contributed by atoms with van der Waals surface area (Å²) in [6.07, 6.45) is 1.54. The van der Waals surface area contributed by atoms with Crippen LogP contribution in [0, 0.1) is 11.3 Å². The normalized spacial score (nSPS) is 9.78. The van der Waals surface area contributed by atoms with Gasteiger partial charge >= 0.3 is 0 Å². The van der Waals surface area contributed by atoms with Crippen LogP contribution in [-0.4, -0.2) is 12.0 Å². The van der Waals surface area contributed by atoms with E-state index in [9.17, 15) is 0 Å². The molecule has 0 unspecified atom stereocenters. The number of ether oxygens (including phenoxy) is 1. The zero-order valence-electron chi connectivity index (χ0n) is 10.1. The fourth-order valence-corrected chi connectivity index (χ4v) is 1.52. The quantitative estimate of drug-likeness (QED) is 0.890. The van der Waals surface area contributed by atoms with Crippen molar-refractivity contribution in [1.82, 2.24) is 10.3 Å². The molecule has 0 fully saturated rings. The van der Waals surface area contributed by atoms with Gasteiger partial charge in [0.2, 0.25) is 0 Å². The molecule has 4 heteroatoms. The number of nitrogens with one attached hydrogen (secondary N) is 1. The lowest BCUT2D eigenvalue weighted by Crippen LogP contribution is -2.04. The predicted molar refractivity (Wildman–Crippen MR) is 68.2 cm³/mol. The first-order chi connectivity index (χ1) is 8.81. The second kappa shape index (κ2) is 5.80. The Hall–Kier alpha value is -2.38. The summed E-state index contributed by atoms with van der Waals surface area (Å²) in [6.45, 7) is 0.832. The van der Waals surface area contributed by atoms with E-state index in [4.69, 9.17) is 10.00 Å². The first kappa shape index (κ1) is 12.1. The number of aromatic nitrogens is 1. The summed E-state index contributed by atoms with van der Waals surface area (Å²) in [4.78, 5) is 3.94. The van der Waals surface area contributed by atoms with Crippen LogP contribution in [0.2, 0.25) is 0 Å². The fraction of sp³-hybridized carbons (Fsp3) is 0.143. The summed E-state index contributed by atoms with van der Waals surface area (Å²) in [5.41, 5.74) is 1.58. The molecular formula is C14H13N3O. The van der Waals surface area contributed by atoms with Crippen LogP contribution in [0.25, 0.3) is 0 Å². The molecule has 1 N–H and O–H groups in total. The van der Waals surface area contributed by atoms with Gasteiger partial charge in [0.05, 0.1) is 6.20 Å². The van der Waals surface area contributed by atoms with E-state index in [-0.39, 0.29) is 0 Å². The third kappa shape index (κ3) is 3.06. The van der Waals surface area contributed by atoms with Crippen LogP contribution < -0.4 is 10.1 Å². The number of pyridine rings is 1. The van der Waals surface area contributed by atoms with E-state index in [2.05, 4.69) is 10.3 Å². The minimum absolute atomic E-state index is 0.381. The van der Waals surface area contributed by atoms with Gasteiger partial charge in [-0.3, -0.25) is 0 Å². The van der Waals surface area contributed by atoms with Crippen molar-refractivity contribution in [3.63, 3.8) is 0 Å². The number of nitrogens with zero attached hydrogens (tertiary/aromatic N) is 2. The highest BCUT2D eigenvalue weighted by Crippen LogP contribution is 2.20. The van der Waals surface area contributed by atoms with Crippen LogP contribution in [0.15, 0.2) is 42.6 Å². The van der Waals surface area contributed by atoms with Gasteiger partial charge in [0.1, 0.15) is 23.3 Å². The minimum Gasteiger partial charge on any atom is -0.456 e. The molecule has 0 spiro atoms. The van der Waals surface area contributed by atoms with Gasteiger partial charge in [0, 0.05) is 6.54 Å². The van der Waals surface area contributed by atoms with E-state index >= 15 is 0 Å². The van der Waals surface area contributed by atoms with Gasteiger partial charge in [0.15, 0.2) is 0 Å².